The fourth-order valence-electron chi connectivity index (χ4n) is 2.10. The Bertz CT molecular complexity index is 608. The van der Waals surface area contributed by atoms with Crippen LogP contribution in [0.4, 0.5) is 14.6 Å². The first-order valence-corrected chi connectivity index (χ1v) is 6.28. The predicted molar refractivity (Wildman–Crippen MR) is 73.8 cm³/mol. The van der Waals surface area contributed by atoms with E-state index in [9.17, 15) is 8.78 Å². The number of anilines is 1. The van der Waals surface area contributed by atoms with Crippen LogP contribution in [0.5, 0.6) is 5.75 Å². The number of para-hydroxylation sites is 1. The topological polar surface area (TPSA) is 53.1 Å². The van der Waals surface area contributed by atoms with E-state index in [1.807, 2.05) is 13.8 Å². The molecule has 2 N–H and O–H groups in total. The molecule has 0 aliphatic carbocycles. The fraction of sp³-hybridized carbons (Fsp3) is 0.357. The van der Waals surface area contributed by atoms with Gasteiger partial charge in [0.2, 0.25) is 0 Å². The van der Waals surface area contributed by atoms with Gasteiger partial charge in [0, 0.05) is 18.5 Å². The Labute approximate surface area is 116 Å². The zero-order valence-electron chi connectivity index (χ0n) is 11.6. The lowest BCUT2D eigenvalue weighted by atomic mass is 10.1. The Balaban J connectivity index is 2.54. The summed E-state index contributed by atoms with van der Waals surface area (Å²) in [5.74, 6) is 1.48. The van der Waals surface area contributed by atoms with E-state index in [0.29, 0.717) is 17.1 Å². The quantitative estimate of drug-likeness (QED) is 0.934. The molecule has 1 aromatic carbocycles. The molecule has 0 bridgehead atoms. The standard InChI is InChI=1S/C14H17F2N3O/c1-8(2)13-18-11(12(17)19(13)3)9-6-4-5-7-10(9)20-14(15)16/h4-8,14H,17H2,1-3H3. The molecule has 1 heterocycles. The monoisotopic (exact) mass is 281 g/mol. The van der Waals surface area contributed by atoms with Crippen LogP contribution in [0.3, 0.4) is 0 Å². The maximum atomic E-state index is 12.5. The molecule has 0 saturated carbocycles. The van der Waals surface area contributed by atoms with Crippen molar-refractivity contribution in [2.24, 2.45) is 7.05 Å². The first-order valence-electron chi connectivity index (χ1n) is 6.28. The second kappa shape index (κ2) is 5.48. The molecule has 0 amide bonds. The number of rotatable bonds is 4. The van der Waals surface area contributed by atoms with Gasteiger partial charge in [-0.2, -0.15) is 8.78 Å². The molecule has 20 heavy (non-hydrogen) atoms. The highest BCUT2D eigenvalue weighted by molar-refractivity contribution is 5.76. The van der Waals surface area contributed by atoms with E-state index in [0.717, 1.165) is 5.82 Å². The van der Waals surface area contributed by atoms with Crippen molar-refractivity contribution in [2.45, 2.75) is 26.4 Å². The molecule has 2 aromatic rings. The maximum Gasteiger partial charge on any atom is 0.387 e. The minimum atomic E-state index is -2.88. The summed E-state index contributed by atoms with van der Waals surface area (Å²) in [6, 6.07) is 6.51. The fourth-order valence-corrected chi connectivity index (χ4v) is 2.10. The van der Waals surface area contributed by atoms with E-state index < -0.39 is 6.61 Å². The van der Waals surface area contributed by atoms with E-state index in [2.05, 4.69) is 9.72 Å². The number of halogens is 2. The summed E-state index contributed by atoms with van der Waals surface area (Å²) in [6.07, 6.45) is 0. The third-order valence-corrected chi connectivity index (χ3v) is 3.05. The Morgan fingerprint density at radius 3 is 2.45 bits per heavy atom. The van der Waals surface area contributed by atoms with Gasteiger partial charge in [-0.3, -0.25) is 0 Å². The van der Waals surface area contributed by atoms with Crippen molar-refractivity contribution in [2.75, 3.05) is 5.73 Å². The van der Waals surface area contributed by atoms with Gasteiger partial charge >= 0.3 is 6.61 Å². The minimum Gasteiger partial charge on any atom is -0.434 e. The minimum absolute atomic E-state index is 0.0719. The van der Waals surface area contributed by atoms with Crippen LogP contribution in [0.15, 0.2) is 24.3 Å². The third kappa shape index (κ3) is 2.59. The summed E-state index contributed by atoms with van der Waals surface area (Å²) >= 11 is 0. The van der Waals surface area contributed by atoms with Crippen LogP contribution in [-0.4, -0.2) is 16.2 Å². The number of alkyl halides is 2. The van der Waals surface area contributed by atoms with Crippen molar-refractivity contribution in [3.8, 4) is 17.0 Å². The molecule has 108 valence electrons. The summed E-state index contributed by atoms with van der Waals surface area (Å²) < 4.78 is 31.2. The van der Waals surface area contributed by atoms with E-state index in [4.69, 9.17) is 5.73 Å². The highest BCUT2D eigenvalue weighted by Gasteiger charge is 2.19. The van der Waals surface area contributed by atoms with Gasteiger partial charge in [-0.05, 0) is 12.1 Å². The molecule has 6 heteroatoms. The number of aromatic nitrogens is 2. The summed E-state index contributed by atoms with van der Waals surface area (Å²) in [4.78, 5) is 4.46. The molecule has 4 nitrogen and oxygen atoms in total. The van der Waals surface area contributed by atoms with Gasteiger partial charge < -0.3 is 15.0 Å². The molecule has 0 saturated heterocycles. The molecule has 1 aromatic heterocycles. The summed E-state index contributed by atoms with van der Waals surface area (Å²) in [5.41, 5.74) is 6.96. The van der Waals surface area contributed by atoms with Gasteiger partial charge in [0.25, 0.3) is 0 Å². The largest absolute Gasteiger partial charge is 0.434 e. The molecule has 0 aliphatic heterocycles. The molecular formula is C14H17F2N3O. The second-order valence-corrected chi connectivity index (χ2v) is 4.79. The number of imidazole rings is 1. The average molecular weight is 281 g/mol. The summed E-state index contributed by atoms with van der Waals surface area (Å²) in [7, 11) is 1.80. The van der Waals surface area contributed by atoms with Crippen LogP contribution in [0.1, 0.15) is 25.6 Å². The SMILES string of the molecule is CC(C)c1nc(-c2ccccc2OC(F)F)c(N)n1C. The van der Waals surface area contributed by atoms with Crippen LogP contribution in [0, 0.1) is 0 Å². The Kier molecular flexibility index (Phi) is 3.92. The highest BCUT2D eigenvalue weighted by Crippen LogP contribution is 2.35. The number of benzene rings is 1. The molecule has 0 fully saturated rings. The molecule has 0 aliphatic rings. The average Bonchev–Trinajstić information content (AvgIpc) is 2.67. The van der Waals surface area contributed by atoms with Crippen LogP contribution < -0.4 is 10.5 Å². The molecule has 0 radical (unpaired) electrons. The lowest BCUT2D eigenvalue weighted by Gasteiger charge is -2.09. The lowest BCUT2D eigenvalue weighted by molar-refractivity contribution is -0.0494. The highest BCUT2D eigenvalue weighted by atomic mass is 19.3. The Hall–Kier alpha value is -2.11. The van der Waals surface area contributed by atoms with Crippen molar-refractivity contribution in [1.82, 2.24) is 9.55 Å². The van der Waals surface area contributed by atoms with Gasteiger partial charge in [0.1, 0.15) is 23.1 Å². The molecule has 0 atom stereocenters. The van der Waals surface area contributed by atoms with Crippen molar-refractivity contribution in [3.05, 3.63) is 30.1 Å². The van der Waals surface area contributed by atoms with Crippen LogP contribution in [-0.2, 0) is 7.05 Å². The number of hydrogen-bond acceptors (Lipinski definition) is 3. The zero-order chi connectivity index (χ0) is 14.9. The van der Waals surface area contributed by atoms with E-state index >= 15 is 0 Å². The normalized spacial score (nSPS) is 11.3. The first kappa shape index (κ1) is 14.3. The van der Waals surface area contributed by atoms with Gasteiger partial charge in [-0.25, -0.2) is 4.98 Å². The lowest BCUT2D eigenvalue weighted by Crippen LogP contribution is -2.04. The first-order chi connectivity index (χ1) is 9.41. The van der Waals surface area contributed by atoms with Gasteiger partial charge in [-0.15, -0.1) is 0 Å². The van der Waals surface area contributed by atoms with Gasteiger partial charge in [-0.1, -0.05) is 26.0 Å². The molecule has 0 unspecified atom stereocenters. The van der Waals surface area contributed by atoms with Gasteiger partial charge in [0.15, 0.2) is 0 Å². The maximum absolute atomic E-state index is 12.5. The number of nitrogen functional groups attached to an aromatic ring is 1. The van der Waals surface area contributed by atoms with Crippen LogP contribution >= 0.6 is 0 Å². The second-order valence-electron chi connectivity index (χ2n) is 4.79. The van der Waals surface area contributed by atoms with Crippen molar-refractivity contribution in [1.29, 1.82) is 0 Å². The number of ether oxygens (including phenoxy) is 1. The predicted octanol–water partition coefficient (Wildman–Crippen LogP) is 3.39. The number of hydrogen-bond donors (Lipinski definition) is 1. The summed E-state index contributed by atoms with van der Waals surface area (Å²) in [6.45, 7) is 1.10. The van der Waals surface area contributed by atoms with Crippen LogP contribution in [0.25, 0.3) is 11.3 Å². The van der Waals surface area contributed by atoms with E-state index in [1.54, 1.807) is 29.8 Å². The Morgan fingerprint density at radius 1 is 1.25 bits per heavy atom. The molecular weight excluding hydrogens is 264 g/mol. The number of nitrogens with two attached hydrogens (primary N) is 1. The van der Waals surface area contributed by atoms with Crippen molar-refractivity contribution in [3.63, 3.8) is 0 Å². The van der Waals surface area contributed by atoms with Crippen molar-refractivity contribution >= 4 is 5.82 Å². The van der Waals surface area contributed by atoms with Crippen LogP contribution in [0.2, 0.25) is 0 Å². The summed E-state index contributed by atoms with van der Waals surface area (Å²) in [5, 5.41) is 0. The molecule has 2 rings (SSSR count). The van der Waals surface area contributed by atoms with Gasteiger partial charge in [0.05, 0.1) is 0 Å². The van der Waals surface area contributed by atoms with E-state index in [-0.39, 0.29) is 11.7 Å². The zero-order valence-corrected chi connectivity index (χ0v) is 11.6. The van der Waals surface area contributed by atoms with Crippen molar-refractivity contribution < 1.29 is 13.5 Å². The smallest absolute Gasteiger partial charge is 0.387 e. The third-order valence-electron chi connectivity index (χ3n) is 3.05. The van der Waals surface area contributed by atoms with E-state index in [1.165, 1.54) is 6.07 Å². The molecule has 0 spiro atoms. The Morgan fingerprint density at radius 2 is 1.90 bits per heavy atom. The number of nitrogens with zero attached hydrogens (tertiary/aromatic N) is 2.